The van der Waals surface area contributed by atoms with Crippen LogP contribution in [0.15, 0.2) is 0 Å². The van der Waals surface area contributed by atoms with Gasteiger partial charge in [0.15, 0.2) is 0 Å². The Bertz CT molecular complexity index is 84.3. The fourth-order valence-electron chi connectivity index (χ4n) is 0.487. The average molecular weight is 133 g/mol. The molecule has 0 unspecified atom stereocenters. The van der Waals surface area contributed by atoms with Crippen LogP contribution in [0.2, 0.25) is 0 Å². The van der Waals surface area contributed by atoms with Crippen LogP contribution in [-0.4, -0.2) is 25.2 Å². The van der Waals surface area contributed by atoms with Crippen molar-refractivity contribution >= 4 is 0 Å². The molecular weight excluding hydrogens is 122 g/mol. The summed E-state index contributed by atoms with van der Waals surface area (Å²) in [5, 5.41) is 9.73. The molecule has 0 atom stereocenters. The highest BCUT2D eigenvalue weighted by atomic mass is 16.6. The van der Waals surface area contributed by atoms with Crippen LogP contribution in [0.25, 0.3) is 0 Å². The van der Waals surface area contributed by atoms with Crippen molar-refractivity contribution in [3.8, 4) is 0 Å². The number of hydrogen-bond acceptors (Lipinski definition) is 3. The maximum Gasteiger partial charge on any atom is 0.204 e. The Balaban J connectivity index is 2.83. The maximum absolute atomic E-state index is 9.73. The van der Waals surface area contributed by atoms with Crippen molar-refractivity contribution in [2.75, 3.05) is 20.3 Å². The van der Waals surface area contributed by atoms with Gasteiger partial charge in [0, 0.05) is 25.1 Å². The zero-order chi connectivity index (χ0) is 7.11. The molecule has 0 saturated carbocycles. The van der Waals surface area contributed by atoms with E-state index in [-0.39, 0.29) is 11.5 Å². The van der Waals surface area contributed by atoms with Gasteiger partial charge in [-0.05, 0) is 6.42 Å². The molecule has 0 aliphatic heterocycles. The second kappa shape index (κ2) is 5.50. The van der Waals surface area contributed by atoms with Gasteiger partial charge in [0.25, 0.3) is 0 Å². The summed E-state index contributed by atoms with van der Waals surface area (Å²) in [6.07, 6.45) is 1.39. The molecule has 4 nitrogen and oxygen atoms in total. The Morgan fingerprint density at radius 3 is 2.67 bits per heavy atom. The first kappa shape index (κ1) is 8.36. The second-order valence-corrected chi connectivity index (χ2v) is 1.76. The van der Waals surface area contributed by atoms with Crippen LogP contribution in [0.1, 0.15) is 12.8 Å². The minimum absolute atomic E-state index is 0.0589. The summed E-state index contributed by atoms with van der Waals surface area (Å²) in [5.74, 6) is 0. The van der Waals surface area contributed by atoms with Crippen molar-refractivity contribution in [1.29, 1.82) is 0 Å². The van der Waals surface area contributed by atoms with E-state index in [2.05, 4.69) is 0 Å². The second-order valence-electron chi connectivity index (χ2n) is 1.76. The summed E-state index contributed by atoms with van der Waals surface area (Å²) in [4.78, 5) is 9.42. The number of hydrogen-bond donors (Lipinski definition) is 0. The standard InChI is InChI=1S/C5H11NO3/c1-9-5-3-2-4-6(7)8/h2-5H2,1H3. The number of methoxy groups -OCH3 is 1. The van der Waals surface area contributed by atoms with Crippen LogP contribution < -0.4 is 0 Å². The number of unbranched alkanes of at least 4 members (excludes halogenated alkanes) is 1. The zero-order valence-corrected chi connectivity index (χ0v) is 5.50. The first-order valence-corrected chi connectivity index (χ1v) is 2.88. The van der Waals surface area contributed by atoms with Crippen molar-refractivity contribution in [1.82, 2.24) is 0 Å². The summed E-state index contributed by atoms with van der Waals surface area (Å²) in [6.45, 7) is 0.678. The van der Waals surface area contributed by atoms with Crippen LogP contribution in [0.4, 0.5) is 0 Å². The number of nitrogens with zero attached hydrogens (tertiary/aromatic N) is 1. The van der Waals surface area contributed by atoms with E-state index in [1.165, 1.54) is 0 Å². The lowest BCUT2D eigenvalue weighted by Gasteiger charge is -1.93. The third-order valence-corrected chi connectivity index (χ3v) is 0.939. The zero-order valence-electron chi connectivity index (χ0n) is 5.50. The maximum atomic E-state index is 9.73. The Morgan fingerprint density at radius 1 is 1.56 bits per heavy atom. The quantitative estimate of drug-likeness (QED) is 0.315. The highest BCUT2D eigenvalue weighted by Crippen LogP contribution is 1.88. The van der Waals surface area contributed by atoms with Crippen molar-refractivity contribution in [3.05, 3.63) is 10.1 Å². The fourth-order valence-corrected chi connectivity index (χ4v) is 0.487. The Hall–Kier alpha value is -0.640. The summed E-state index contributed by atoms with van der Waals surface area (Å²) < 4.78 is 4.70. The average Bonchev–Trinajstić information content (AvgIpc) is 1.80. The Labute approximate surface area is 54.0 Å². The minimum Gasteiger partial charge on any atom is -0.385 e. The molecule has 0 bridgehead atoms. The molecule has 0 aliphatic rings. The first-order valence-electron chi connectivity index (χ1n) is 2.88. The molecule has 0 heterocycles. The van der Waals surface area contributed by atoms with Gasteiger partial charge in [-0.25, -0.2) is 0 Å². The summed E-state index contributed by atoms with van der Waals surface area (Å²) in [6, 6.07) is 0. The van der Waals surface area contributed by atoms with Crippen LogP contribution >= 0.6 is 0 Å². The van der Waals surface area contributed by atoms with E-state index in [1.807, 2.05) is 0 Å². The fraction of sp³-hybridized carbons (Fsp3) is 1.00. The van der Waals surface area contributed by atoms with Gasteiger partial charge >= 0.3 is 0 Å². The van der Waals surface area contributed by atoms with Gasteiger partial charge in [0.1, 0.15) is 0 Å². The van der Waals surface area contributed by atoms with Crippen molar-refractivity contribution in [2.45, 2.75) is 12.8 Å². The molecule has 0 radical (unpaired) electrons. The summed E-state index contributed by atoms with van der Waals surface area (Å²) in [5.41, 5.74) is 0. The molecule has 4 heteroatoms. The Morgan fingerprint density at radius 2 is 2.22 bits per heavy atom. The first-order chi connectivity index (χ1) is 4.27. The minimum atomic E-state index is -0.310. The molecule has 0 N–H and O–H groups in total. The number of nitro groups is 1. The van der Waals surface area contributed by atoms with Crippen LogP contribution in [0.3, 0.4) is 0 Å². The molecule has 0 aromatic heterocycles. The summed E-state index contributed by atoms with van der Waals surface area (Å²) in [7, 11) is 1.59. The molecule has 0 saturated heterocycles. The third-order valence-electron chi connectivity index (χ3n) is 0.939. The van der Waals surface area contributed by atoms with Gasteiger partial charge in [-0.2, -0.15) is 0 Å². The van der Waals surface area contributed by atoms with E-state index in [4.69, 9.17) is 4.74 Å². The van der Waals surface area contributed by atoms with Gasteiger partial charge in [-0.15, -0.1) is 0 Å². The van der Waals surface area contributed by atoms with E-state index in [0.29, 0.717) is 13.0 Å². The van der Waals surface area contributed by atoms with Gasteiger partial charge in [0.05, 0.1) is 0 Å². The third kappa shape index (κ3) is 7.36. The predicted octanol–water partition coefficient (Wildman–Crippen LogP) is 0.690. The van der Waals surface area contributed by atoms with Gasteiger partial charge in [0.2, 0.25) is 6.54 Å². The molecule has 0 aromatic rings. The van der Waals surface area contributed by atoms with E-state index in [0.717, 1.165) is 6.42 Å². The highest BCUT2D eigenvalue weighted by molar-refractivity contribution is 4.34. The SMILES string of the molecule is COCCCC[N+](=O)[O-]. The monoisotopic (exact) mass is 133 g/mol. The molecule has 0 rings (SSSR count). The van der Waals surface area contributed by atoms with Crippen molar-refractivity contribution in [3.63, 3.8) is 0 Å². The lowest BCUT2D eigenvalue weighted by Crippen LogP contribution is -2.01. The molecule has 0 aromatic carbocycles. The van der Waals surface area contributed by atoms with E-state index in [1.54, 1.807) is 7.11 Å². The molecule has 9 heavy (non-hydrogen) atoms. The van der Waals surface area contributed by atoms with Crippen molar-refractivity contribution in [2.24, 2.45) is 0 Å². The van der Waals surface area contributed by atoms with Gasteiger partial charge in [-0.3, -0.25) is 10.1 Å². The molecular formula is C5H11NO3. The number of ether oxygens (including phenoxy) is 1. The smallest absolute Gasteiger partial charge is 0.204 e. The molecule has 54 valence electrons. The predicted molar refractivity (Wildman–Crippen MR) is 33.0 cm³/mol. The van der Waals surface area contributed by atoms with Crippen molar-refractivity contribution < 1.29 is 9.66 Å². The van der Waals surface area contributed by atoms with E-state index < -0.39 is 0 Å². The highest BCUT2D eigenvalue weighted by Gasteiger charge is 1.94. The van der Waals surface area contributed by atoms with Gasteiger partial charge in [-0.1, -0.05) is 0 Å². The molecule has 0 aliphatic carbocycles. The topological polar surface area (TPSA) is 52.4 Å². The van der Waals surface area contributed by atoms with E-state index >= 15 is 0 Å². The molecule has 0 fully saturated rings. The summed E-state index contributed by atoms with van der Waals surface area (Å²) >= 11 is 0. The normalized spacial score (nSPS) is 9.44. The van der Waals surface area contributed by atoms with E-state index in [9.17, 15) is 10.1 Å². The molecule has 0 spiro atoms. The Kier molecular flexibility index (Phi) is 5.11. The van der Waals surface area contributed by atoms with Gasteiger partial charge < -0.3 is 4.74 Å². The van der Waals surface area contributed by atoms with Crippen LogP contribution in [0.5, 0.6) is 0 Å². The lowest BCUT2D eigenvalue weighted by atomic mass is 10.3. The van der Waals surface area contributed by atoms with Crippen LogP contribution in [0, 0.1) is 10.1 Å². The number of rotatable bonds is 5. The molecule has 0 amide bonds. The van der Waals surface area contributed by atoms with Crippen LogP contribution in [-0.2, 0) is 4.74 Å². The lowest BCUT2D eigenvalue weighted by molar-refractivity contribution is -0.480. The largest absolute Gasteiger partial charge is 0.385 e.